The first-order valence-electron chi connectivity index (χ1n) is 2.73. The Labute approximate surface area is 50.2 Å². The minimum Gasteiger partial charge on any atom is -0.253 e. The standard InChI is InChI=1S/C5H11NS/c1-5-2-3-6(7)4-5/h5,7H,2-4H2,1H3/t5-/m0/s1. The largest absolute Gasteiger partial charge is 0.253 e. The monoisotopic (exact) mass is 117 g/mol. The molecule has 0 amide bonds. The molecular formula is C5H11NS. The SMILES string of the molecule is C[C@H]1CCN(S)C1. The molecule has 1 atom stereocenters. The lowest BCUT2D eigenvalue weighted by molar-refractivity contribution is 0.555. The Bertz CT molecular complexity index is 57.1. The quantitative estimate of drug-likeness (QED) is 0.466. The van der Waals surface area contributed by atoms with Crippen molar-refractivity contribution in [2.45, 2.75) is 13.3 Å². The lowest BCUT2D eigenvalue weighted by Gasteiger charge is -2.01. The summed E-state index contributed by atoms with van der Waals surface area (Å²) >= 11 is 4.19. The third-order valence-corrected chi connectivity index (χ3v) is 1.77. The van der Waals surface area contributed by atoms with Gasteiger partial charge < -0.3 is 0 Å². The van der Waals surface area contributed by atoms with Gasteiger partial charge in [-0.05, 0) is 12.3 Å². The van der Waals surface area contributed by atoms with Gasteiger partial charge in [0.25, 0.3) is 0 Å². The molecule has 1 aliphatic rings. The van der Waals surface area contributed by atoms with Crippen LogP contribution in [0.25, 0.3) is 0 Å². The van der Waals surface area contributed by atoms with Gasteiger partial charge in [0.05, 0.1) is 0 Å². The summed E-state index contributed by atoms with van der Waals surface area (Å²) in [5.74, 6) is 0.873. The molecule has 1 rings (SSSR count). The molecule has 0 saturated carbocycles. The molecular weight excluding hydrogens is 106 g/mol. The van der Waals surface area contributed by atoms with Crippen molar-refractivity contribution in [1.82, 2.24) is 4.31 Å². The first-order chi connectivity index (χ1) is 3.29. The maximum Gasteiger partial charge on any atom is 0.0113 e. The Morgan fingerprint density at radius 3 is 2.57 bits per heavy atom. The van der Waals surface area contributed by atoms with Crippen molar-refractivity contribution in [1.29, 1.82) is 0 Å². The van der Waals surface area contributed by atoms with Crippen molar-refractivity contribution in [2.24, 2.45) is 5.92 Å². The van der Waals surface area contributed by atoms with Crippen molar-refractivity contribution in [2.75, 3.05) is 13.1 Å². The van der Waals surface area contributed by atoms with E-state index >= 15 is 0 Å². The molecule has 0 bridgehead atoms. The Hall–Kier alpha value is 0.310. The number of hydrogen-bond donors (Lipinski definition) is 1. The summed E-state index contributed by atoms with van der Waals surface area (Å²) in [6.45, 7) is 4.60. The molecule has 0 aromatic heterocycles. The van der Waals surface area contributed by atoms with Gasteiger partial charge in [-0.25, -0.2) is 0 Å². The maximum absolute atomic E-state index is 4.19. The van der Waals surface area contributed by atoms with Crippen molar-refractivity contribution in [3.05, 3.63) is 0 Å². The minimum atomic E-state index is 0.873. The third kappa shape index (κ3) is 1.35. The second-order valence-corrected chi connectivity index (χ2v) is 2.87. The Morgan fingerprint density at radius 1 is 1.71 bits per heavy atom. The van der Waals surface area contributed by atoms with Gasteiger partial charge in [-0.3, -0.25) is 4.31 Å². The first-order valence-corrected chi connectivity index (χ1v) is 3.13. The Morgan fingerprint density at radius 2 is 2.43 bits per heavy atom. The molecule has 7 heavy (non-hydrogen) atoms. The zero-order chi connectivity index (χ0) is 5.28. The predicted molar refractivity (Wildman–Crippen MR) is 34.3 cm³/mol. The van der Waals surface area contributed by atoms with Crippen molar-refractivity contribution < 1.29 is 0 Å². The highest BCUT2D eigenvalue weighted by Crippen LogP contribution is 2.15. The number of hydrogen-bond acceptors (Lipinski definition) is 2. The van der Waals surface area contributed by atoms with E-state index in [0.717, 1.165) is 5.92 Å². The highest BCUT2D eigenvalue weighted by Gasteiger charge is 2.14. The van der Waals surface area contributed by atoms with Crippen LogP contribution in [0.5, 0.6) is 0 Å². The lowest BCUT2D eigenvalue weighted by Crippen LogP contribution is -2.05. The molecule has 1 aliphatic heterocycles. The summed E-state index contributed by atoms with van der Waals surface area (Å²) in [7, 11) is 0. The molecule has 0 radical (unpaired) electrons. The van der Waals surface area contributed by atoms with Gasteiger partial charge in [0.15, 0.2) is 0 Å². The van der Waals surface area contributed by atoms with Crippen LogP contribution in [-0.4, -0.2) is 17.4 Å². The molecule has 0 aliphatic carbocycles. The Kier molecular flexibility index (Phi) is 1.60. The molecule has 0 aromatic carbocycles. The molecule has 1 saturated heterocycles. The first kappa shape index (κ1) is 5.45. The zero-order valence-corrected chi connectivity index (χ0v) is 5.49. The Balaban J connectivity index is 2.26. The van der Waals surface area contributed by atoms with Crippen LogP contribution >= 0.6 is 12.8 Å². The van der Waals surface area contributed by atoms with Crippen LogP contribution < -0.4 is 0 Å². The van der Waals surface area contributed by atoms with Crippen LogP contribution in [0.15, 0.2) is 0 Å². The lowest BCUT2D eigenvalue weighted by atomic mass is 10.2. The zero-order valence-electron chi connectivity index (χ0n) is 4.59. The van der Waals surface area contributed by atoms with E-state index in [9.17, 15) is 0 Å². The number of nitrogens with zero attached hydrogens (tertiary/aromatic N) is 1. The van der Waals surface area contributed by atoms with Crippen molar-refractivity contribution >= 4 is 12.8 Å². The maximum atomic E-state index is 4.19. The molecule has 1 nitrogen and oxygen atoms in total. The van der Waals surface area contributed by atoms with Gasteiger partial charge >= 0.3 is 0 Å². The van der Waals surface area contributed by atoms with Crippen LogP contribution in [0.1, 0.15) is 13.3 Å². The molecule has 1 heterocycles. The normalized spacial score (nSPS) is 34.3. The summed E-state index contributed by atoms with van der Waals surface area (Å²) in [6, 6.07) is 0. The molecule has 2 heteroatoms. The van der Waals surface area contributed by atoms with E-state index in [1.807, 2.05) is 0 Å². The van der Waals surface area contributed by atoms with Gasteiger partial charge in [0, 0.05) is 13.1 Å². The van der Waals surface area contributed by atoms with Crippen LogP contribution in [0.2, 0.25) is 0 Å². The molecule has 42 valence electrons. The van der Waals surface area contributed by atoms with E-state index in [2.05, 4.69) is 24.0 Å². The summed E-state index contributed by atoms with van der Waals surface area (Å²) in [5, 5.41) is 0. The number of rotatable bonds is 0. The van der Waals surface area contributed by atoms with Gasteiger partial charge in [-0.15, -0.1) is 0 Å². The highest BCUT2D eigenvalue weighted by molar-refractivity contribution is 7.77. The predicted octanol–water partition coefficient (Wildman–Crippen LogP) is 1.17. The van der Waals surface area contributed by atoms with E-state index in [4.69, 9.17) is 0 Å². The average molecular weight is 117 g/mol. The van der Waals surface area contributed by atoms with Gasteiger partial charge in [0.1, 0.15) is 0 Å². The third-order valence-electron chi connectivity index (χ3n) is 1.40. The van der Waals surface area contributed by atoms with Gasteiger partial charge in [-0.2, -0.15) is 0 Å². The fourth-order valence-electron chi connectivity index (χ4n) is 0.912. The summed E-state index contributed by atoms with van der Waals surface area (Å²) in [4.78, 5) is 0. The fourth-order valence-corrected chi connectivity index (χ4v) is 1.31. The topological polar surface area (TPSA) is 3.24 Å². The summed E-state index contributed by atoms with van der Waals surface area (Å²) < 4.78 is 2.07. The second kappa shape index (κ2) is 2.05. The molecule has 0 unspecified atom stereocenters. The summed E-state index contributed by atoms with van der Waals surface area (Å²) in [6.07, 6.45) is 1.32. The van der Waals surface area contributed by atoms with E-state index < -0.39 is 0 Å². The second-order valence-electron chi connectivity index (χ2n) is 2.31. The van der Waals surface area contributed by atoms with Gasteiger partial charge in [0.2, 0.25) is 0 Å². The average Bonchev–Trinajstić information content (AvgIpc) is 1.87. The van der Waals surface area contributed by atoms with Crippen molar-refractivity contribution in [3.63, 3.8) is 0 Å². The number of thiol groups is 1. The van der Waals surface area contributed by atoms with Crippen LogP contribution in [0.4, 0.5) is 0 Å². The summed E-state index contributed by atoms with van der Waals surface area (Å²) in [5.41, 5.74) is 0. The highest BCUT2D eigenvalue weighted by atomic mass is 32.1. The smallest absolute Gasteiger partial charge is 0.0113 e. The van der Waals surface area contributed by atoms with E-state index in [1.54, 1.807) is 0 Å². The molecule has 1 fully saturated rings. The minimum absolute atomic E-state index is 0.873. The van der Waals surface area contributed by atoms with Crippen LogP contribution in [0, 0.1) is 5.92 Å². The van der Waals surface area contributed by atoms with Crippen LogP contribution in [0.3, 0.4) is 0 Å². The van der Waals surface area contributed by atoms with E-state index in [-0.39, 0.29) is 0 Å². The fraction of sp³-hybridized carbons (Fsp3) is 1.00. The van der Waals surface area contributed by atoms with E-state index in [0.29, 0.717) is 0 Å². The van der Waals surface area contributed by atoms with Crippen molar-refractivity contribution in [3.8, 4) is 0 Å². The molecule has 0 N–H and O–H groups in total. The van der Waals surface area contributed by atoms with Crippen LogP contribution in [-0.2, 0) is 0 Å². The molecule has 0 aromatic rings. The molecule has 0 spiro atoms. The van der Waals surface area contributed by atoms with Gasteiger partial charge in [-0.1, -0.05) is 19.7 Å². The van der Waals surface area contributed by atoms with E-state index in [1.165, 1.54) is 19.5 Å².